The van der Waals surface area contributed by atoms with Crippen LogP contribution in [0, 0.1) is 0 Å². The van der Waals surface area contributed by atoms with Gasteiger partial charge in [-0.15, -0.1) is 0 Å². The summed E-state index contributed by atoms with van der Waals surface area (Å²) in [7, 11) is 0. The van der Waals surface area contributed by atoms with Gasteiger partial charge in [0.25, 0.3) is 0 Å². The van der Waals surface area contributed by atoms with Crippen molar-refractivity contribution in [2.45, 2.75) is 50.7 Å². The molecule has 1 saturated carbocycles. The molecule has 0 unspecified atom stereocenters. The van der Waals surface area contributed by atoms with Crippen molar-refractivity contribution < 1.29 is 13.2 Å². The van der Waals surface area contributed by atoms with E-state index in [1.807, 2.05) is 0 Å². The third kappa shape index (κ3) is 3.65. The SMILES string of the molecule is FC(F)(F)c1cccc(NC2CCCCCC2)c1. The minimum atomic E-state index is -4.26. The molecule has 1 aromatic carbocycles. The lowest BCUT2D eigenvalue weighted by Crippen LogP contribution is -2.18. The Morgan fingerprint density at radius 3 is 2.28 bits per heavy atom. The zero-order valence-electron chi connectivity index (χ0n) is 10.3. The fourth-order valence-corrected chi connectivity index (χ4v) is 2.44. The maximum Gasteiger partial charge on any atom is 0.416 e. The summed E-state index contributed by atoms with van der Waals surface area (Å²) in [5.41, 5.74) is -0.00199. The normalized spacial score (nSPS) is 18.4. The van der Waals surface area contributed by atoms with E-state index in [9.17, 15) is 13.2 Å². The molecule has 18 heavy (non-hydrogen) atoms. The van der Waals surface area contributed by atoms with Crippen molar-refractivity contribution >= 4 is 5.69 Å². The lowest BCUT2D eigenvalue weighted by molar-refractivity contribution is -0.137. The van der Waals surface area contributed by atoms with Gasteiger partial charge in [0.05, 0.1) is 5.56 Å². The molecule has 1 fully saturated rings. The molecular formula is C14H18F3N. The molecule has 1 aliphatic carbocycles. The summed E-state index contributed by atoms with van der Waals surface area (Å²) in [6.07, 6.45) is 2.64. The number of alkyl halides is 3. The minimum Gasteiger partial charge on any atom is -0.382 e. The molecule has 100 valence electrons. The number of hydrogen-bond donors (Lipinski definition) is 1. The zero-order valence-corrected chi connectivity index (χ0v) is 10.3. The number of anilines is 1. The van der Waals surface area contributed by atoms with Gasteiger partial charge in [0.15, 0.2) is 0 Å². The molecule has 0 spiro atoms. The monoisotopic (exact) mass is 257 g/mol. The van der Waals surface area contributed by atoms with Gasteiger partial charge in [0.1, 0.15) is 0 Å². The molecule has 2 rings (SSSR count). The molecular weight excluding hydrogens is 239 g/mol. The van der Waals surface area contributed by atoms with Crippen molar-refractivity contribution in [3.8, 4) is 0 Å². The van der Waals surface area contributed by atoms with Crippen LogP contribution < -0.4 is 5.32 Å². The second-order valence-corrected chi connectivity index (χ2v) is 4.91. The van der Waals surface area contributed by atoms with Crippen molar-refractivity contribution in [3.05, 3.63) is 29.8 Å². The van der Waals surface area contributed by atoms with Crippen LogP contribution in [0.1, 0.15) is 44.1 Å². The van der Waals surface area contributed by atoms with E-state index in [0.717, 1.165) is 31.7 Å². The highest BCUT2D eigenvalue weighted by molar-refractivity contribution is 5.47. The molecule has 0 amide bonds. The molecule has 1 N–H and O–H groups in total. The second kappa shape index (κ2) is 5.63. The molecule has 0 heterocycles. The maximum atomic E-state index is 12.6. The lowest BCUT2D eigenvalue weighted by Gasteiger charge is -2.18. The highest BCUT2D eigenvalue weighted by atomic mass is 19.4. The van der Waals surface area contributed by atoms with Gasteiger partial charge in [-0.1, -0.05) is 31.7 Å². The van der Waals surface area contributed by atoms with Gasteiger partial charge in [-0.2, -0.15) is 13.2 Å². The first-order chi connectivity index (χ1) is 8.55. The van der Waals surface area contributed by atoms with Crippen molar-refractivity contribution in [1.29, 1.82) is 0 Å². The zero-order chi connectivity index (χ0) is 13.0. The maximum absolute atomic E-state index is 12.6. The second-order valence-electron chi connectivity index (χ2n) is 4.91. The Kier molecular flexibility index (Phi) is 4.15. The topological polar surface area (TPSA) is 12.0 Å². The van der Waals surface area contributed by atoms with E-state index in [2.05, 4.69) is 5.32 Å². The fraction of sp³-hybridized carbons (Fsp3) is 0.571. The summed E-state index contributed by atoms with van der Waals surface area (Å²) in [6.45, 7) is 0. The summed E-state index contributed by atoms with van der Waals surface area (Å²) in [5, 5.41) is 3.23. The molecule has 0 radical (unpaired) electrons. The van der Waals surface area contributed by atoms with Crippen LogP contribution in [-0.4, -0.2) is 6.04 Å². The van der Waals surface area contributed by atoms with Crippen molar-refractivity contribution in [1.82, 2.24) is 0 Å². The van der Waals surface area contributed by atoms with Crippen LogP contribution in [0.4, 0.5) is 18.9 Å². The third-order valence-corrected chi connectivity index (χ3v) is 3.42. The standard InChI is InChI=1S/C14H18F3N/c15-14(16,17)11-6-5-9-13(10-11)18-12-7-3-1-2-4-8-12/h5-6,9-10,12,18H,1-4,7-8H2. The number of halogens is 3. The lowest BCUT2D eigenvalue weighted by atomic mass is 10.1. The summed E-state index contributed by atoms with van der Waals surface area (Å²) >= 11 is 0. The molecule has 4 heteroatoms. The number of nitrogens with one attached hydrogen (secondary N) is 1. The molecule has 0 bridgehead atoms. The molecule has 0 aromatic heterocycles. The van der Waals surface area contributed by atoms with Gasteiger partial charge in [0.2, 0.25) is 0 Å². The van der Waals surface area contributed by atoms with Gasteiger partial charge in [0, 0.05) is 11.7 Å². The first-order valence-corrected chi connectivity index (χ1v) is 6.49. The summed E-state index contributed by atoms with van der Waals surface area (Å²) in [4.78, 5) is 0. The number of rotatable bonds is 2. The van der Waals surface area contributed by atoms with Gasteiger partial charge in [-0.25, -0.2) is 0 Å². The quantitative estimate of drug-likeness (QED) is 0.747. The first-order valence-electron chi connectivity index (χ1n) is 6.49. The summed E-state index contributed by atoms with van der Waals surface area (Å²) in [5.74, 6) is 0. The Bertz CT molecular complexity index is 379. The van der Waals surface area contributed by atoms with E-state index < -0.39 is 11.7 Å². The predicted molar refractivity (Wildman–Crippen MR) is 66.6 cm³/mol. The smallest absolute Gasteiger partial charge is 0.382 e. The van der Waals surface area contributed by atoms with Gasteiger partial charge >= 0.3 is 6.18 Å². The van der Waals surface area contributed by atoms with E-state index >= 15 is 0 Å². The van der Waals surface area contributed by atoms with Crippen LogP contribution in [0.2, 0.25) is 0 Å². The van der Waals surface area contributed by atoms with Crippen LogP contribution in [0.3, 0.4) is 0 Å². The Morgan fingerprint density at radius 2 is 1.67 bits per heavy atom. The Balaban J connectivity index is 2.04. The Labute approximate surface area is 105 Å². The van der Waals surface area contributed by atoms with Gasteiger partial charge < -0.3 is 5.32 Å². The van der Waals surface area contributed by atoms with Crippen molar-refractivity contribution in [3.63, 3.8) is 0 Å². The van der Waals surface area contributed by atoms with Crippen LogP contribution in [0.5, 0.6) is 0 Å². The van der Waals surface area contributed by atoms with E-state index in [0.29, 0.717) is 11.7 Å². The first kappa shape index (κ1) is 13.2. The van der Waals surface area contributed by atoms with E-state index in [-0.39, 0.29) is 0 Å². The Hall–Kier alpha value is -1.19. The molecule has 0 atom stereocenters. The van der Waals surface area contributed by atoms with Crippen molar-refractivity contribution in [2.24, 2.45) is 0 Å². The molecule has 1 aliphatic rings. The van der Waals surface area contributed by atoms with E-state index in [1.54, 1.807) is 6.07 Å². The average Bonchev–Trinajstić information content (AvgIpc) is 2.57. The van der Waals surface area contributed by atoms with Crippen LogP contribution in [-0.2, 0) is 6.18 Å². The fourth-order valence-electron chi connectivity index (χ4n) is 2.44. The van der Waals surface area contributed by atoms with E-state index in [1.165, 1.54) is 25.0 Å². The summed E-state index contributed by atoms with van der Waals surface area (Å²) in [6, 6.07) is 5.79. The molecule has 1 nitrogen and oxygen atoms in total. The van der Waals surface area contributed by atoms with Crippen LogP contribution >= 0.6 is 0 Å². The van der Waals surface area contributed by atoms with E-state index in [4.69, 9.17) is 0 Å². The highest BCUT2D eigenvalue weighted by Gasteiger charge is 2.30. The summed E-state index contributed by atoms with van der Waals surface area (Å²) < 4.78 is 37.8. The largest absolute Gasteiger partial charge is 0.416 e. The molecule has 0 saturated heterocycles. The van der Waals surface area contributed by atoms with Gasteiger partial charge in [-0.05, 0) is 31.0 Å². The predicted octanol–water partition coefficient (Wildman–Crippen LogP) is 4.84. The average molecular weight is 257 g/mol. The number of benzene rings is 1. The number of hydrogen-bond acceptors (Lipinski definition) is 1. The minimum absolute atomic E-state index is 0.316. The molecule has 0 aliphatic heterocycles. The Morgan fingerprint density at radius 1 is 1.00 bits per heavy atom. The molecule has 1 aromatic rings. The van der Waals surface area contributed by atoms with Crippen molar-refractivity contribution in [2.75, 3.05) is 5.32 Å². The highest BCUT2D eigenvalue weighted by Crippen LogP contribution is 2.31. The van der Waals surface area contributed by atoms with Crippen LogP contribution in [0.15, 0.2) is 24.3 Å². The van der Waals surface area contributed by atoms with Crippen LogP contribution in [0.25, 0.3) is 0 Å². The third-order valence-electron chi connectivity index (χ3n) is 3.42. The van der Waals surface area contributed by atoms with Gasteiger partial charge in [-0.3, -0.25) is 0 Å².